The summed E-state index contributed by atoms with van der Waals surface area (Å²) in [6.07, 6.45) is 3.03. The maximum absolute atomic E-state index is 13.5. The Labute approximate surface area is 148 Å². The summed E-state index contributed by atoms with van der Waals surface area (Å²) in [5, 5.41) is 9.36. The highest BCUT2D eigenvalue weighted by atomic mass is 19.2. The van der Waals surface area contributed by atoms with Crippen LogP contribution in [0.5, 0.6) is 0 Å². The van der Waals surface area contributed by atoms with Crippen LogP contribution in [-0.2, 0) is 10.2 Å². The highest BCUT2D eigenvalue weighted by Crippen LogP contribution is 2.34. The molecule has 1 aromatic carbocycles. The van der Waals surface area contributed by atoms with Gasteiger partial charge in [-0.15, -0.1) is 0 Å². The highest BCUT2D eigenvalue weighted by Gasteiger charge is 2.35. The molecule has 26 heavy (non-hydrogen) atoms. The van der Waals surface area contributed by atoms with E-state index in [9.17, 15) is 18.4 Å². The second kappa shape index (κ2) is 6.36. The molecule has 0 spiro atoms. The maximum Gasteiger partial charge on any atom is 0.257 e. The molecule has 0 fully saturated rings. The zero-order valence-electron chi connectivity index (χ0n) is 14.6. The normalized spacial score (nSPS) is 15.7. The number of carbonyl (C=O) groups is 2. The van der Waals surface area contributed by atoms with Gasteiger partial charge in [-0.2, -0.15) is 5.10 Å². The van der Waals surface area contributed by atoms with Gasteiger partial charge in [0.15, 0.2) is 11.6 Å². The summed E-state index contributed by atoms with van der Waals surface area (Å²) in [5.41, 5.74) is 1.02. The third kappa shape index (κ3) is 2.98. The van der Waals surface area contributed by atoms with E-state index < -0.39 is 28.9 Å². The average Bonchev–Trinajstić information content (AvgIpc) is 3.06. The molecular formula is C18H18F2N4O2. The van der Waals surface area contributed by atoms with Crippen LogP contribution in [-0.4, -0.2) is 40.5 Å². The van der Waals surface area contributed by atoms with E-state index in [4.69, 9.17) is 0 Å². The standard InChI is InChI=1S/C18H18F2N4O2/c1-18(2)9-24(17(26)10-4-5-13(19)14(20)6-10)8-11(16(25)21-3)15-12(18)7-22-23-15/h4-8H,9H2,1-3H3,(H,21,25)(H,22,23). The fraction of sp³-hybridized carbons (Fsp3) is 0.278. The first-order valence-corrected chi connectivity index (χ1v) is 7.98. The van der Waals surface area contributed by atoms with Crippen LogP contribution in [0.25, 0.3) is 5.57 Å². The van der Waals surface area contributed by atoms with Gasteiger partial charge in [0, 0.05) is 36.3 Å². The number of benzene rings is 1. The number of nitrogens with one attached hydrogen (secondary N) is 2. The summed E-state index contributed by atoms with van der Waals surface area (Å²) in [6.45, 7) is 4.05. The Balaban J connectivity index is 2.09. The summed E-state index contributed by atoms with van der Waals surface area (Å²) >= 11 is 0. The largest absolute Gasteiger partial charge is 0.355 e. The van der Waals surface area contributed by atoms with E-state index in [2.05, 4.69) is 15.5 Å². The number of aromatic nitrogens is 2. The number of fused-ring (bicyclic) bond motifs is 1. The lowest BCUT2D eigenvalue weighted by molar-refractivity contribution is -0.115. The van der Waals surface area contributed by atoms with Crippen LogP contribution in [0.4, 0.5) is 8.78 Å². The summed E-state index contributed by atoms with van der Waals surface area (Å²) in [4.78, 5) is 26.5. The van der Waals surface area contributed by atoms with Crippen LogP contribution in [0.15, 0.2) is 30.6 Å². The molecule has 0 unspecified atom stereocenters. The van der Waals surface area contributed by atoms with E-state index in [0.29, 0.717) is 5.69 Å². The molecule has 0 radical (unpaired) electrons. The Hall–Kier alpha value is -3.03. The molecule has 2 aromatic rings. The van der Waals surface area contributed by atoms with Crippen LogP contribution in [0.1, 0.15) is 35.5 Å². The number of hydrogen-bond donors (Lipinski definition) is 2. The van der Waals surface area contributed by atoms with Crippen molar-refractivity contribution in [3.8, 4) is 0 Å². The monoisotopic (exact) mass is 360 g/mol. The summed E-state index contributed by atoms with van der Waals surface area (Å²) < 4.78 is 26.7. The molecule has 0 saturated heterocycles. The quantitative estimate of drug-likeness (QED) is 0.862. The lowest BCUT2D eigenvalue weighted by Gasteiger charge is -2.28. The molecule has 2 N–H and O–H groups in total. The zero-order valence-corrected chi connectivity index (χ0v) is 14.6. The van der Waals surface area contributed by atoms with Crippen molar-refractivity contribution in [3.63, 3.8) is 0 Å². The molecule has 0 atom stereocenters. The number of aromatic amines is 1. The maximum atomic E-state index is 13.5. The highest BCUT2D eigenvalue weighted by molar-refractivity contribution is 6.19. The molecule has 8 heteroatoms. The van der Waals surface area contributed by atoms with Crippen molar-refractivity contribution in [2.75, 3.05) is 13.6 Å². The minimum atomic E-state index is -1.10. The second-order valence-corrected chi connectivity index (χ2v) is 6.73. The molecule has 1 aliphatic rings. The summed E-state index contributed by atoms with van der Waals surface area (Å²) in [5.74, 6) is -3.05. The van der Waals surface area contributed by atoms with E-state index in [1.165, 1.54) is 24.2 Å². The van der Waals surface area contributed by atoms with Crippen LogP contribution in [0, 0.1) is 11.6 Å². The van der Waals surface area contributed by atoms with Crippen molar-refractivity contribution in [1.29, 1.82) is 0 Å². The third-order valence-electron chi connectivity index (χ3n) is 4.39. The van der Waals surface area contributed by atoms with E-state index in [1.54, 1.807) is 6.20 Å². The number of H-pyrrole nitrogens is 1. The lowest BCUT2D eigenvalue weighted by Crippen LogP contribution is -2.37. The fourth-order valence-corrected chi connectivity index (χ4v) is 3.01. The lowest BCUT2D eigenvalue weighted by atomic mass is 9.84. The molecule has 0 saturated carbocycles. The summed E-state index contributed by atoms with van der Waals surface area (Å²) in [6, 6.07) is 2.97. The van der Waals surface area contributed by atoms with Gasteiger partial charge in [-0.1, -0.05) is 13.8 Å². The van der Waals surface area contributed by atoms with Crippen LogP contribution < -0.4 is 5.32 Å². The molecular weight excluding hydrogens is 342 g/mol. The van der Waals surface area contributed by atoms with Crippen molar-refractivity contribution < 1.29 is 18.4 Å². The Kier molecular flexibility index (Phi) is 4.35. The summed E-state index contributed by atoms with van der Waals surface area (Å²) in [7, 11) is 1.48. The van der Waals surface area contributed by atoms with Gasteiger partial charge in [-0.25, -0.2) is 8.78 Å². The van der Waals surface area contributed by atoms with Gasteiger partial charge < -0.3 is 10.2 Å². The van der Waals surface area contributed by atoms with Gasteiger partial charge >= 0.3 is 0 Å². The fourth-order valence-electron chi connectivity index (χ4n) is 3.01. The first kappa shape index (κ1) is 17.8. The van der Waals surface area contributed by atoms with Crippen LogP contribution in [0.2, 0.25) is 0 Å². The molecule has 1 aromatic heterocycles. The minimum Gasteiger partial charge on any atom is -0.355 e. The number of carbonyl (C=O) groups excluding carboxylic acids is 2. The number of rotatable bonds is 2. The van der Waals surface area contributed by atoms with Crippen LogP contribution >= 0.6 is 0 Å². The second-order valence-electron chi connectivity index (χ2n) is 6.73. The molecule has 0 aliphatic carbocycles. The SMILES string of the molecule is CNC(=O)C1=CN(C(=O)c2ccc(F)c(F)c2)CC(C)(C)c2cn[nH]c21. The average molecular weight is 360 g/mol. The predicted molar refractivity (Wildman–Crippen MR) is 91.1 cm³/mol. The number of hydrogen-bond acceptors (Lipinski definition) is 3. The van der Waals surface area contributed by atoms with Gasteiger partial charge in [-0.3, -0.25) is 14.7 Å². The Morgan fingerprint density at radius 1 is 1.27 bits per heavy atom. The molecule has 1 aliphatic heterocycles. The number of amides is 2. The van der Waals surface area contributed by atoms with Gasteiger partial charge in [-0.05, 0) is 18.2 Å². The first-order chi connectivity index (χ1) is 12.2. The van der Waals surface area contributed by atoms with Crippen molar-refractivity contribution in [3.05, 3.63) is 59.1 Å². The van der Waals surface area contributed by atoms with E-state index in [-0.39, 0.29) is 17.7 Å². The Morgan fingerprint density at radius 3 is 2.65 bits per heavy atom. The smallest absolute Gasteiger partial charge is 0.257 e. The van der Waals surface area contributed by atoms with Crippen LogP contribution in [0.3, 0.4) is 0 Å². The first-order valence-electron chi connectivity index (χ1n) is 7.98. The Bertz CT molecular complexity index is 918. The van der Waals surface area contributed by atoms with Crippen molar-refractivity contribution >= 4 is 17.4 Å². The molecule has 3 rings (SSSR count). The molecule has 2 heterocycles. The Morgan fingerprint density at radius 2 is 2.00 bits per heavy atom. The van der Waals surface area contributed by atoms with E-state index in [0.717, 1.165) is 17.7 Å². The molecule has 6 nitrogen and oxygen atoms in total. The molecule has 136 valence electrons. The van der Waals surface area contributed by atoms with Gasteiger partial charge in [0.1, 0.15) is 0 Å². The van der Waals surface area contributed by atoms with Gasteiger partial charge in [0.2, 0.25) is 0 Å². The van der Waals surface area contributed by atoms with E-state index >= 15 is 0 Å². The van der Waals surface area contributed by atoms with Gasteiger partial charge in [0.05, 0.1) is 17.5 Å². The van der Waals surface area contributed by atoms with E-state index in [1.807, 2.05) is 13.8 Å². The van der Waals surface area contributed by atoms with Crippen molar-refractivity contribution in [2.45, 2.75) is 19.3 Å². The van der Waals surface area contributed by atoms with Crippen molar-refractivity contribution in [1.82, 2.24) is 20.4 Å². The number of nitrogens with zero attached hydrogens (tertiary/aromatic N) is 2. The molecule has 0 bridgehead atoms. The van der Waals surface area contributed by atoms with Crippen molar-refractivity contribution in [2.24, 2.45) is 0 Å². The van der Waals surface area contributed by atoms with Gasteiger partial charge in [0.25, 0.3) is 11.8 Å². The number of likely N-dealkylation sites (N-methyl/N-ethyl adjacent to an activating group) is 1. The predicted octanol–water partition coefficient (Wildman–Crippen LogP) is 2.21. The number of halogens is 2. The third-order valence-corrected chi connectivity index (χ3v) is 4.39. The molecule has 2 amide bonds. The zero-order chi connectivity index (χ0) is 19.1. The minimum absolute atomic E-state index is 0.00380. The topological polar surface area (TPSA) is 78.1 Å².